The molecule has 0 saturated carbocycles. The fourth-order valence-electron chi connectivity index (χ4n) is 3.36. The van der Waals surface area contributed by atoms with Crippen molar-refractivity contribution in [1.29, 1.82) is 0 Å². The minimum atomic E-state index is -0.617. The first-order valence-electron chi connectivity index (χ1n) is 10.1. The number of para-hydroxylation sites is 1. The van der Waals surface area contributed by atoms with Gasteiger partial charge in [0.2, 0.25) is 5.82 Å². The molecule has 0 fully saturated rings. The van der Waals surface area contributed by atoms with Crippen LogP contribution < -0.4 is 20.9 Å². The lowest BCUT2D eigenvalue weighted by atomic mass is 10.1. The molecule has 5 rings (SSSR count). The van der Waals surface area contributed by atoms with Gasteiger partial charge < -0.3 is 14.6 Å². The average Bonchev–Trinajstić information content (AvgIpc) is 3.51. The molecule has 33 heavy (non-hydrogen) atoms. The van der Waals surface area contributed by atoms with Crippen LogP contribution in [0.5, 0.6) is 5.75 Å². The van der Waals surface area contributed by atoms with Gasteiger partial charge in [-0.3, -0.25) is 20.0 Å². The Kier molecular flexibility index (Phi) is 5.38. The highest BCUT2D eigenvalue weighted by molar-refractivity contribution is 5.99. The smallest absolute Gasteiger partial charge is 0.340 e. The Morgan fingerprint density at radius 2 is 1.85 bits per heavy atom. The van der Waals surface area contributed by atoms with E-state index in [-0.39, 0.29) is 11.9 Å². The number of ether oxygens (including phenoxy) is 1. The number of hydrogen-bond acceptors (Lipinski definition) is 8. The summed E-state index contributed by atoms with van der Waals surface area (Å²) in [4.78, 5) is 33.2. The summed E-state index contributed by atoms with van der Waals surface area (Å²) >= 11 is 0. The molecule has 0 bridgehead atoms. The summed E-state index contributed by atoms with van der Waals surface area (Å²) in [6.45, 7) is 0. The van der Waals surface area contributed by atoms with Gasteiger partial charge in [-0.2, -0.15) is 4.98 Å². The zero-order chi connectivity index (χ0) is 22.6. The fraction of sp³-hybridized carbons (Fsp3) is 0.0870. The molecule has 0 saturated heterocycles. The third kappa shape index (κ3) is 4.49. The molecule has 3 N–H and O–H groups in total. The van der Waals surface area contributed by atoms with Crippen molar-refractivity contribution in [3.05, 3.63) is 84.2 Å². The summed E-state index contributed by atoms with van der Waals surface area (Å²) in [5, 5.41) is 6.65. The largest absolute Gasteiger partial charge is 0.480 e. The van der Waals surface area contributed by atoms with Crippen molar-refractivity contribution in [2.45, 2.75) is 12.5 Å². The van der Waals surface area contributed by atoms with Gasteiger partial charge in [0.15, 0.2) is 6.10 Å². The molecule has 10 nitrogen and oxygen atoms in total. The highest BCUT2D eigenvalue weighted by Gasteiger charge is 2.28. The molecule has 4 aromatic rings. The van der Waals surface area contributed by atoms with E-state index in [0.717, 1.165) is 11.1 Å². The van der Waals surface area contributed by atoms with E-state index < -0.39 is 12.0 Å². The molecular weight excluding hydrogens is 424 g/mol. The van der Waals surface area contributed by atoms with Crippen molar-refractivity contribution in [3.63, 3.8) is 0 Å². The van der Waals surface area contributed by atoms with Gasteiger partial charge in [-0.25, -0.2) is 5.43 Å². The predicted octanol–water partition coefficient (Wildman–Crippen LogP) is 2.83. The number of pyridine rings is 1. The SMILES string of the molecule is O=C(NNc1nc(-c2ccncc2)no1)c1cccc(NC(=O)C2Cc3ccccc3O2)c1. The van der Waals surface area contributed by atoms with Crippen molar-refractivity contribution >= 4 is 23.5 Å². The molecule has 2 aromatic carbocycles. The summed E-state index contributed by atoms with van der Waals surface area (Å²) < 4.78 is 10.8. The maximum atomic E-state index is 12.6. The molecule has 10 heteroatoms. The molecule has 1 atom stereocenters. The van der Waals surface area contributed by atoms with Crippen molar-refractivity contribution in [3.8, 4) is 17.1 Å². The molecule has 2 amide bonds. The van der Waals surface area contributed by atoms with Crippen LogP contribution in [-0.2, 0) is 11.2 Å². The Labute approximate surface area is 188 Å². The maximum absolute atomic E-state index is 12.6. The van der Waals surface area contributed by atoms with Crippen LogP contribution in [0.2, 0.25) is 0 Å². The van der Waals surface area contributed by atoms with E-state index in [4.69, 9.17) is 9.26 Å². The maximum Gasteiger partial charge on any atom is 0.340 e. The number of hydrazine groups is 1. The first-order chi connectivity index (χ1) is 16.2. The molecule has 1 aliphatic rings. The molecule has 0 spiro atoms. The Morgan fingerprint density at radius 1 is 1.00 bits per heavy atom. The Hall–Kier alpha value is -4.73. The van der Waals surface area contributed by atoms with E-state index in [1.807, 2.05) is 24.3 Å². The lowest BCUT2D eigenvalue weighted by molar-refractivity contribution is -0.122. The second-order valence-electron chi connectivity index (χ2n) is 7.23. The zero-order valence-corrected chi connectivity index (χ0v) is 17.2. The summed E-state index contributed by atoms with van der Waals surface area (Å²) in [5.74, 6) is 0.343. The summed E-state index contributed by atoms with van der Waals surface area (Å²) in [6, 6.07) is 17.6. The van der Waals surface area contributed by atoms with Gasteiger partial charge in [-0.1, -0.05) is 29.4 Å². The first kappa shape index (κ1) is 20.2. The minimum Gasteiger partial charge on any atom is -0.480 e. The summed E-state index contributed by atoms with van der Waals surface area (Å²) in [7, 11) is 0. The number of anilines is 2. The van der Waals surface area contributed by atoms with Crippen LogP contribution in [0.15, 0.2) is 77.6 Å². The Morgan fingerprint density at radius 3 is 2.70 bits per heavy atom. The van der Waals surface area contributed by atoms with Crippen molar-refractivity contribution < 1.29 is 18.8 Å². The van der Waals surface area contributed by atoms with E-state index in [9.17, 15) is 9.59 Å². The van der Waals surface area contributed by atoms with E-state index in [2.05, 4.69) is 31.3 Å². The lowest BCUT2D eigenvalue weighted by Gasteiger charge is -2.12. The summed E-state index contributed by atoms with van der Waals surface area (Å²) in [5.41, 5.74) is 7.60. The van der Waals surface area contributed by atoms with Gasteiger partial charge in [-0.05, 0) is 42.0 Å². The number of nitrogens with zero attached hydrogens (tertiary/aromatic N) is 3. The summed E-state index contributed by atoms with van der Waals surface area (Å²) in [6.07, 6.45) is 3.11. The molecule has 1 aliphatic heterocycles. The molecule has 0 aliphatic carbocycles. The number of nitrogens with one attached hydrogen (secondary N) is 3. The highest BCUT2D eigenvalue weighted by Crippen LogP contribution is 2.28. The topological polar surface area (TPSA) is 131 Å². The second-order valence-corrected chi connectivity index (χ2v) is 7.23. The van der Waals surface area contributed by atoms with E-state index in [1.54, 1.807) is 48.8 Å². The number of carbonyl (C=O) groups is 2. The van der Waals surface area contributed by atoms with Crippen LogP contribution in [0.4, 0.5) is 11.7 Å². The van der Waals surface area contributed by atoms with Gasteiger partial charge in [0.25, 0.3) is 11.8 Å². The average molecular weight is 442 g/mol. The first-order valence-corrected chi connectivity index (χ1v) is 10.1. The van der Waals surface area contributed by atoms with Crippen LogP contribution in [-0.4, -0.2) is 33.0 Å². The van der Waals surface area contributed by atoms with E-state index in [0.29, 0.717) is 29.2 Å². The van der Waals surface area contributed by atoms with Crippen LogP contribution >= 0.6 is 0 Å². The zero-order valence-electron chi connectivity index (χ0n) is 17.2. The number of benzene rings is 2. The van der Waals surface area contributed by atoms with E-state index in [1.165, 1.54) is 0 Å². The van der Waals surface area contributed by atoms with Gasteiger partial charge >= 0.3 is 6.01 Å². The van der Waals surface area contributed by atoms with Gasteiger partial charge in [-0.15, -0.1) is 0 Å². The molecule has 164 valence electrons. The van der Waals surface area contributed by atoms with Gasteiger partial charge in [0, 0.05) is 35.6 Å². The normalized spacial score (nSPS) is 14.1. The minimum absolute atomic E-state index is 0.0255. The number of hydrogen-bond donors (Lipinski definition) is 3. The quantitative estimate of drug-likeness (QED) is 0.389. The lowest BCUT2D eigenvalue weighted by Crippen LogP contribution is -2.32. The standard InChI is InChI=1S/C23H18N6O4/c30-21(27-28-23-26-20(29-33-23)14-8-10-24-11-9-14)16-5-3-6-17(12-16)25-22(31)19-13-15-4-1-2-7-18(15)32-19/h1-12,19H,13H2,(H,25,31)(H,27,30)(H,26,28,29). The van der Waals surface area contributed by atoms with Crippen LogP contribution in [0.25, 0.3) is 11.4 Å². The van der Waals surface area contributed by atoms with Crippen LogP contribution in [0, 0.1) is 0 Å². The van der Waals surface area contributed by atoms with Crippen LogP contribution in [0.1, 0.15) is 15.9 Å². The monoisotopic (exact) mass is 442 g/mol. The van der Waals surface area contributed by atoms with Crippen molar-refractivity contribution in [2.75, 3.05) is 10.7 Å². The molecular formula is C23H18N6O4. The number of aromatic nitrogens is 3. The van der Waals surface area contributed by atoms with Crippen molar-refractivity contribution in [2.24, 2.45) is 0 Å². The third-order valence-electron chi connectivity index (χ3n) is 4.98. The molecule has 2 aromatic heterocycles. The van der Waals surface area contributed by atoms with Crippen molar-refractivity contribution in [1.82, 2.24) is 20.6 Å². The predicted molar refractivity (Wildman–Crippen MR) is 118 cm³/mol. The van der Waals surface area contributed by atoms with Crippen LogP contribution in [0.3, 0.4) is 0 Å². The Bertz CT molecular complexity index is 1280. The number of fused-ring (bicyclic) bond motifs is 1. The molecule has 3 heterocycles. The van der Waals surface area contributed by atoms with Gasteiger partial charge in [0.05, 0.1) is 0 Å². The second kappa shape index (κ2) is 8.79. The number of carbonyl (C=O) groups excluding carboxylic acids is 2. The Balaban J connectivity index is 1.18. The van der Waals surface area contributed by atoms with E-state index >= 15 is 0 Å². The third-order valence-corrected chi connectivity index (χ3v) is 4.98. The number of amides is 2. The number of rotatable bonds is 6. The highest BCUT2D eigenvalue weighted by atomic mass is 16.5. The molecule has 0 radical (unpaired) electrons. The fourth-order valence-corrected chi connectivity index (χ4v) is 3.36. The van der Waals surface area contributed by atoms with Gasteiger partial charge in [0.1, 0.15) is 5.75 Å². The molecule has 1 unspecified atom stereocenters.